The normalized spacial score (nSPS) is 18.0. The van der Waals surface area contributed by atoms with Gasteiger partial charge in [0.2, 0.25) is 0 Å². The van der Waals surface area contributed by atoms with Gasteiger partial charge in [-0.3, -0.25) is 4.79 Å². The Morgan fingerprint density at radius 2 is 2.17 bits per heavy atom. The lowest BCUT2D eigenvalue weighted by atomic mass is 10.1. The molecule has 2 aromatic rings. The third-order valence-corrected chi connectivity index (χ3v) is 4.60. The van der Waals surface area contributed by atoms with Crippen LogP contribution in [0.2, 0.25) is 0 Å². The average molecular weight is 332 g/mol. The van der Waals surface area contributed by atoms with Crippen LogP contribution in [-0.4, -0.2) is 42.2 Å². The minimum atomic E-state index is -0.122. The largest absolute Gasteiger partial charge is 0.484 e. The van der Waals surface area contributed by atoms with Gasteiger partial charge < -0.3 is 14.4 Å². The van der Waals surface area contributed by atoms with Gasteiger partial charge in [0.05, 0.1) is 30.0 Å². The predicted octanol–water partition coefficient (Wildman–Crippen LogP) is 2.74. The Bertz CT molecular complexity index is 669. The molecule has 1 aliphatic heterocycles. The van der Waals surface area contributed by atoms with Crippen molar-refractivity contribution in [3.8, 4) is 5.75 Å². The third kappa shape index (κ3) is 3.89. The third-order valence-electron chi connectivity index (χ3n) is 3.81. The number of benzene rings is 1. The van der Waals surface area contributed by atoms with Crippen molar-refractivity contribution in [2.75, 3.05) is 26.4 Å². The molecule has 1 amide bonds. The number of carbonyl (C=O) groups is 1. The van der Waals surface area contributed by atoms with Crippen molar-refractivity contribution in [2.45, 2.75) is 19.9 Å². The van der Waals surface area contributed by atoms with Gasteiger partial charge in [0.15, 0.2) is 6.61 Å². The number of amides is 1. The molecule has 0 N–H and O–H groups in total. The number of thiazole rings is 1. The van der Waals surface area contributed by atoms with Crippen LogP contribution in [0.3, 0.4) is 0 Å². The summed E-state index contributed by atoms with van der Waals surface area (Å²) in [4.78, 5) is 18.9. The van der Waals surface area contributed by atoms with E-state index in [0.29, 0.717) is 25.5 Å². The molecule has 3 rings (SSSR count). The monoisotopic (exact) mass is 332 g/mol. The van der Waals surface area contributed by atoms with Crippen LogP contribution in [0.4, 0.5) is 0 Å². The smallest absolute Gasteiger partial charge is 0.261 e. The van der Waals surface area contributed by atoms with Gasteiger partial charge in [-0.2, -0.15) is 0 Å². The molecule has 0 radical (unpaired) electrons. The number of rotatable bonds is 4. The maximum Gasteiger partial charge on any atom is 0.261 e. The van der Waals surface area contributed by atoms with E-state index in [2.05, 4.69) is 4.98 Å². The van der Waals surface area contributed by atoms with Crippen LogP contribution >= 0.6 is 11.3 Å². The van der Waals surface area contributed by atoms with Crippen molar-refractivity contribution >= 4 is 17.2 Å². The number of hydrogen-bond donors (Lipinski definition) is 0. The maximum atomic E-state index is 12.5. The molecule has 1 atom stereocenters. The van der Waals surface area contributed by atoms with E-state index in [0.717, 1.165) is 16.3 Å². The van der Waals surface area contributed by atoms with E-state index in [1.165, 1.54) is 0 Å². The second-order valence-electron chi connectivity index (χ2n) is 5.57. The Labute approximate surface area is 139 Å². The van der Waals surface area contributed by atoms with E-state index in [4.69, 9.17) is 9.47 Å². The van der Waals surface area contributed by atoms with Gasteiger partial charge in [0.1, 0.15) is 5.75 Å². The van der Waals surface area contributed by atoms with Crippen molar-refractivity contribution in [3.05, 3.63) is 45.9 Å². The van der Waals surface area contributed by atoms with Crippen LogP contribution in [0.15, 0.2) is 29.6 Å². The SMILES string of the molecule is Cc1ccc(OCC(=O)N2CCOCC2c2csc(C)n2)cc1. The van der Waals surface area contributed by atoms with Crippen LogP contribution in [0.25, 0.3) is 0 Å². The van der Waals surface area contributed by atoms with E-state index in [1.807, 2.05) is 48.4 Å². The first-order valence-electron chi connectivity index (χ1n) is 7.62. The van der Waals surface area contributed by atoms with Crippen molar-refractivity contribution in [1.82, 2.24) is 9.88 Å². The number of aromatic nitrogens is 1. The molecule has 1 unspecified atom stereocenters. The predicted molar refractivity (Wildman–Crippen MR) is 88.8 cm³/mol. The van der Waals surface area contributed by atoms with Crippen molar-refractivity contribution < 1.29 is 14.3 Å². The number of carbonyl (C=O) groups excluding carboxylic acids is 1. The Morgan fingerprint density at radius 1 is 1.39 bits per heavy atom. The molecule has 0 spiro atoms. The van der Waals surface area contributed by atoms with E-state index in [9.17, 15) is 4.79 Å². The Kier molecular flexibility index (Phi) is 4.93. The fraction of sp³-hybridized carbons (Fsp3) is 0.412. The fourth-order valence-electron chi connectivity index (χ4n) is 2.54. The zero-order chi connectivity index (χ0) is 16.2. The first-order chi connectivity index (χ1) is 11.1. The van der Waals surface area contributed by atoms with Crippen LogP contribution in [-0.2, 0) is 9.53 Å². The topological polar surface area (TPSA) is 51.7 Å². The van der Waals surface area contributed by atoms with Gasteiger partial charge in [0, 0.05) is 11.9 Å². The van der Waals surface area contributed by atoms with Crippen molar-refractivity contribution in [2.24, 2.45) is 0 Å². The summed E-state index contributed by atoms with van der Waals surface area (Å²) in [6, 6.07) is 7.57. The second-order valence-corrected chi connectivity index (χ2v) is 6.63. The summed E-state index contributed by atoms with van der Waals surface area (Å²) in [5.41, 5.74) is 2.06. The van der Waals surface area contributed by atoms with Crippen LogP contribution in [0, 0.1) is 13.8 Å². The Balaban J connectivity index is 1.65. The van der Waals surface area contributed by atoms with E-state index < -0.39 is 0 Å². The van der Waals surface area contributed by atoms with Crippen LogP contribution in [0.1, 0.15) is 22.3 Å². The molecule has 0 saturated carbocycles. The zero-order valence-electron chi connectivity index (χ0n) is 13.3. The summed E-state index contributed by atoms with van der Waals surface area (Å²) in [6.45, 7) is 5.61. The minimum Gasteiger partial charge on any atom is -0.484 e. The molecule has 0 bridgehead atoms. The lowest BCUT2D eigenvalue weighted by Gasteiger charge is -2.34. The maximum absolute atomic E-state index is 12.5. The van der Waals surface area contributed by atoms with Gasteiger partial charge >= 0.3 is 0 Å². The van der Waals surface area contributed by atoms with Crippen molar-refractivity contribution in [1.29, 1.82) is 0 Å². The Morgan fingerprint density at radius 3 is 2.87 bits per heavy atom. The molecule has 2 heterocycles. The standard InChI is InChI=1S/C17H20N2O3S/c1-12-3-5-14(6-4-12)22-10-17(20)19-7-8-21-9-16(19)15-11-23-13(2)18-15/h3-6,11,16H,7-10H2,1-2H3. The molecule has 1 aromatic carbocycles. The summed E-state index contributed by atoms with van der Waals surface area (Å²) >= 11 is 1.59. The first kappa shape index (κ1) is 16.0. The molecule has 23 heavy (non-hydrogen) atoms. The molecule has 0 aliphatic carbocycles. The lowest BCUT2D eigenvalue weighted by molar-refractivity contribution is -0.142. The quantitative estimate of drug-likeness (QED) is 0.864. The summed E-state index contributed by atoms with van der Waals surface area (Å²) < 4.78 is 11.1. The van der Waals surface area contributed by atoms with E-state index >= 15 is 0 Å². The van der Waals surface area contributed by atoms with Gasteiger partial charge in [-0.05, 0) is 26.0 Å². The zero-order valence-corrected chi connectivity index (χ0v) is 14.1. The Hall–Kier alpha value is -1.92. The highest BCUT2D eigenvalue weighted by Crippen LogP contribution is 2.25. The van der Waals surface area contributed by atoms with Gasteiger partial charge in [-0.1, -0.05) is 17.7 Å². The van der Waals surface area contributed by atoms with Gasteiger partial charge in [0.25, 0.3) is 5.91 Å². The molecule has 1 fully saturated rings. The molecular formula is C17H20N2O3S. The average Bonchev–Trinajstić information content (AvgIpc) is 3.00. The number of hydrogen-bond acceptors (Lipinski definition) is 5. The summed E-state index contributed by atoms with van der Waals surface area (Å²) in [5.74, 6) is 0.669. The summed E-state index contributed by atoms with van der Waals surface area (Å²) in [5, 5.41) is 2.99. The number of morpholine rings is 1. The molecule has 1 aliphatic rings. The number of aryl methyl sites for hydroxylation is 2. The molecule has 1 aromatic heterocycles. The van der Waals surface area contributed by atoms with E-state index in [-0.39, 0.29) is 18.6 Å². The summed E-state index contributed by atoms with van der Waals surface area (Å²) in [7, 11) is 0. The van der Waals surface area contributed by atoms with Crippen LogP contribution < -0.4 is 4.74 Å². The molecule has 122 valence electrons. The highest BCUT2D eigenvalue weighted by atomic mass is 32.1. The van der Waals surface area contributed by atoms with E-state index in [1.54, 1.807) is 11.3 Å². The molecule has 5 nitrogen and oxygen atoms in total. The highest BCUT2D eigenvalue weighted by Gasteiger charge is 2.30. The first-order valence-corrected chi connectivity index (χ1v) is 8.50. The lowest BCUT2D eigenvalue weighted by Crippen LogP contribution is -2.45. The van der Waals surface area contributed by atoms with Crippen LogP contribution in [0.5, 0.6) is 5.75 Å². The fourth-order valence-corrected chi connectivity index (χ4v) is 3.20. The number of ether oxygens (including phenoxy) is 2. The molecular weight excluding hydrogens is 312 g/mol. The van der Waals surface area contributed by atoms with Gasteiger partial charge in [-0.25, -0.2) is 4.98 Å². The molecule has 1 saturated heterocycles. The van der Waals surface area contributed by atoms with Crippen molar-refractivity contribution in [3.63, 3.8) is 0 Å². The highest BCUT2D eigenvalue weighted by molar-refractivity contribution is 7.09. The second kappa shape index (κ2) is 7.10. The molecule has 6 heteroatoms. The number of nitrogens with zero attached hydrogens (tertiary/aromatic N) is 2. The summed E-state index contributed by atoms with van der Waals surface area (Å²) in [6.07, 6.45) is 0. The minimum absolute atomic E-state index is 0.0304. The van der Waals surface area contributed by atoms with Gasteiger partial charge in [-0.15, -0.1) is 11.3 Å².